The molecule has 3 heterocycles. The number of piperazine rings is 1. The molecule has 0 bridgehead atoms. The van der Waals surface area contributed by atoms with Crippen LogP contribution in [0.4, 0.5) is 5.69 Å². The molecule has 1 fully saturated rings. The van der Waals surface area contributed by atoms with Crippen molar-refractivity contribution in [3.05, 3.63) is 48.0 Å². The van der Waals surface area contributed by atoms with Gasteiger partial charge in [0.25, 0.3) is 0 Å². The average Bonchev–Trinajstić information content (AvgIpc) is 2.72. The van der Waals surface area contributed by atoms with Crippen LogP contribution in [0, 0.1) is 6.92 Å². The molecule has 0 amide bonds. The van der Waals surface area contributed by atoms with E-state index in [4.69, 9.17) is 0 Å². The molecule has 2 aromatic heterocycles. The number of nitrogens with one attached hydrogen (secondary N) is 1. The number of pyridine rings is 2. The quantitative estimate of drug-likeness (QED) is 0.602. The molecule has 1 unspecified atom stereocenters. The number of hydrogen-bond donors (Lipinski definition) is 2. The van der Waals surface area contributed by atoms with Gasteiger partial charge in [-0.1, -0.05) is 6.92 Å². The first kappa shape index (κ1) is 19.1. The summed E-state index contributed by atoms with van der Waals surface area (Å²) in [5.41, 5.74) is 6.53. The maximum absolute atomic E-state index is 10.3. The van der Waals surface area contributed by atoms with Gasteiger partial charge in [0.15, 0.2) is 0 Å². The summed E-state index contributed by atoms with van der Waals surface area (Å²) in [7, 11) is 0. The standard InChI is InChI=1S/C20H28N6O/c1-4-18(19-20(27)15(2)7-9-22-19)24-23-16(3)25-10-12-26(13-11-25)17-6-5-8-21-14-17/h5-9,14,16,23,27H,4,10-13H2,1-3H3/b24-18-. The van der Waals surface area contributed by atoms with Crippen molar-refractivity contribution < 1.29 is 5.11 Å². The van der Waals surface area contributed by atoms with E-state index in [1.807, 2.05) is 26.1 Å². The third kappa shape index (κ3) is 4.54. The van der Waals surface area contributed by atoms with Crippen molar-refractivity contribution in [3.63, 3.8) is 0 Å². The predicted molar refractivity (Wildman–Crippen MR) is 108 cm³/mol. The number of aromatic hydroxyl groups is 1. The Labute approximate surface area is 160 Å². The van der Waals surface area contributed by atoms with Gasteiger partial charge in [-0.15, -0.1) is 0 Å². The van der Waals surface area contributed by atoms with Crippen molar-refractivity contribution >= 4 is 11.4 Å². The third-order valence-electron chi connectivity index (χ3n) is 4.99. The zero-order chi connectivity index (χ0) is 19.2. The highest BCUT2D eigenvalue weighted by atomic mass is 16.3. The predicted octanol–water partition coefficient (Wildman–Crippen LogP) is 2.36. The number of hydrogen-bond acceptors (Lipinski definition) is 7. The van der Waals surface area contributed by atoms with E-state index in [1.165, 1.54) is 5.69 Å². The molecule has 1 saturated heterocycles. The number of aryl methyl sites for hydroxylation is 1. The molecule has 2 aromatic rings. The van der Waals surface area contributed by atoms with Crippen LogP contribution in [0.3, 0.4) is 0 Å². The zero-order valence-electron chi connectivity index (χ0n) is 16.3. The van der Waals surface area contributed by atoms with Crippen molar-refractivity contribution in [3.8, 4) is 5.75 Å². The summed E-state index contributed by atoms with van der Waals surface area (Å²) in [5.74, 6) is 0.206. The molecule has 1 atom stereocenters. The van der Waals surface area contributed by atoms with Gasteiger partial charge in [0.1, 0.15) is 11.4 Å². The molecule has 2 N–H and O–H groups in total. The van der Waals surface area contributed by atoms with Gasteiger partial charge >= 0.3 is 0 Å². The number of hydrazone groups is 1. The maximum Gasteiger partial charge on any atom is 0.146 e. The van der Waals surface area contributed by atoms with Crippen LogP contribution < -0.4 is 10.3 Å². The van der Waals surface area contributed by atoms with E-state index in [1.54, 1.807) is 18.5 Å². The highest BCUT2D eigenvalue weighted by Crippen LogP contribution is 2.21. The summed E-state index contributed by atoms with van der Waals surface area (Å²) in [6.07, 6.45) is 6.22. The Balaban J connectivity index is 1.59. The van der Waals surface area contributed by atoms with E-state index < -0.39 is 0 Å². The summed E-state index contributed by atoms with van der Waals surface area (Å²) < 4.78 is 0. The Kier molecular flexibility index (Phi) is 6.24. The Bertz CT molecular complexity index is 771. The van der Waals surface area contributed by atoms with Crippen molar-refractivity contribution in [1.29, 1.82) is 0 Å². The Hall–Kier alpha value is -2.67. The maximum atomic E-state index is 10.3. The van der Waals surface area contributed by atoms with Crippen molar-refractivity contribution in [2.75, 3.05) is 31.1 Å². The van der Waals surface area contributed by atoms with Gasteiger partial charge < -0.3 is 10.0 Å². The molecule has 1 aliphatic heterocycles. The molecule has 144 valence electrons. The molecular weight excluding hydrogens is 340 g/mol. The SMILES string of the molecule is CC/C(=N/NC(C)N1CCN(c2cccnc2)CC1)c1nccc(C)c1O. The van der Waals surface area contributed by atoms with Gasteiger partial charge in [-0.05, 0) is 44.0 Å². The molecule has 3 rings (SSSR count). The van der Waals surface area contributed by atoms with E-state index in [0.29, 0.717) is 12.1 Å². The number of anilines is 1. The molecule has 1 aliphatic rings. The normalized spacial score (nSPS) is 17.0. The fraction of sp³-hybridized carbons (Fsp3) is 0.450. The largest absolute Gasteiger partial charge is 0.505 e. The van der Waals surface area contributed by atoms with Crippen LogP contribution in [0.15, 0.2) is 41.9 Å². The van der Waals surface area contributed by atoms with E-state index in [2.05, 4.69) is 43.3 Å². The molecule has 7 nitrogen and oxygen atoms in total. The lowest BCUT2D eigenvalue weighted by atomic mass is 10.1. The monoisotopic (exact) mass is 368 g/mol. The minimum atomic E-state index is 0.106. The summed E-state index contributed by atoms with van der Waals surface area (Å²) in [5, 5.41) is 14.8. The summed E-state index contributed by atoms with van der Waals surface area (Å²) in [6, 6.07) is 5.87. The van der Waals surface area contributed by atoms with E-state index in [-0.39, 0.29) is 11.9 Å². The lowest BCUT2D eigenvalue weighted by Gasteiger charge is -2.38. The third-order valence-corrected chi connectivity index (χ3v) is 4.99. The molecule has 7 heteroatoms. The molecule has 27 heavy (non-hydrogen) atoms. The van der Waals surface area contributed by atoms with Crippen LogP contribution in [-0.4, -0.2) is 58.0 Å². The summed E-state index contributed by atoms with van der Waals surface area (Å²) >= 11 is 0. The van der Waals surface area contributed by atoms with Crippen LogP contribution >= 0.6 is 0 Å². The fourth-order valence-corrected chi connectivity index (χ4v) is 3.22. The van der Waals surface area contributed by atoms with Gasteiger partial charge in [-0.25, -0.2) is 0 Å². The smallest absolute Gasteiger partial charge is 0.146 e. The average molecular weight is 368 g/mol. The van der Waals surface area contributed by atoms with Crippen LogP contribution in [0.2, 0.25) is 0 Å². The van der Waals surface area contributed by atoms with Gasteiger partial charge in [-0.2, -0.15) is 5.10 Å². The van der Waals surface area contributed by atoms with Crippen LogP contribution in [0.1, 0.15) is 31.5 Å². The summed E-state index contributed by atoms with van der Waals surface area (Å²) in [4.78, 5) is 13.2. The van der Waals surface area contributed by atoms with Gasteiger partial charge in [0.2, 0.25) is 0 Å². The van der Waals surface area contributed by atoms with Gasteiger partial charge in [-0.3, -0.25) is 20.3 Å². The first-order chi connectivity index (χ1) is 13.1. The van der Waals surface area contributed by atoms with Crippen molar-refractivity contribution in [1.82, 2.24) is 20.3 Å². The van der Waals surface area contributed by atoms with Crippen LogP contribution in [-0.2, 0) is 0 Å². The number of aromatic nitrogens is 2. The summed E-state index contributed by atoms with van der Waals surface area (Å²) in [6.45, 7) is 9.82. The molecule has 0 saturated carbocycles. The van der Waals surface area contributed by atoms with E-state index >= 15 is 0 Å². The van der Waals surface area contributed by atoms with Crippen LogP contribution in [0.25, 0.3) is 0 Å². The Morgan fingerprint density at radius 2 is 2.04 bits per heavy atom. The first-order valence-corrected chi connectivity index (χ1v) is 9.46. The first-order valence-electron chi connectivity index (χ1n) is 9.46. The highest BCUT2D eigenvalue weighted by Gasteiger charge is 2.21. The number of nitrogens with zero attached hydrogens (tertiary/aromatic N) is 5. The second-order valence-electron chi connectivity index (χ2n) is 6.78. The minimum absolute atomic E-state index is 0.106. The van der Waals surface area contributed by atoms with Gasteiger partial charge in [0, 0.05) is 38.6 Å². The topological polar surface area (TPSA) is 76.9 Å². The van der Waals surface area contributed by atoms with Crippen LogP contribution in [0.5, 0.6) is 5.75 Å². The van der Waals surface area contributed by atoms with Crippen molar-refractivity contribution in [2.24, 2.45) is 5.10 Å². The lowest BCUT2D eigenvalue weighted by Crippen LogP contribution is -2.53. The van der Waals surface area contributed by atoms with Crippen molar-refractivity contribution in [2.45, 2.75) is 33.4 Å². The number of rotatable bonds is 6. The Morgan fingerprint density at radius 1 is 1.26 bits per heavy atom. The van der Waals surface area contributed by atoms with E-state index in [0.717, 1.165) is 37.5 Å². The minimum Gasteiger partial charge on any atom is -0.505 e. The fourth-order valence-electron chi connectivity index (χ4n) is 3.22. The van der Waals surface area contributed by atoms with E-state index in [9.17, 15) is 5.11 Å². The zero-order valence-corrected chi connectivity index (χ0v) is 16.3. The molecular formula is C20H28N6O. The van der Waals surface area contributed by atoms with Gasteiger partial charge in [0.05, 0.1) is 23.8 Å². The lowest BCUT2D eigenvalue weighted by molar-refractivity contribution is 0.170. The molecule has 0 aromatic carbocycles. The second-order valence-corrected chi connectivity index (χ2v) is 6.78. The molecule has 0 spiro atoms. The molecule has 0 aliphatic carbocycles. The highest BCUT2D eigenvalue weighted by molar-refractivity contribution is 6.01. The second kappa shape index (κ2) is 8.81. The molecule has 0 radical (unpaired) electrons. The Morgan fingerprint density at radius 3 is 2.70 bits per heavy atom.